The van der Waals surface area contributed by atoms with Crippen molar-refractivity contribution < 1.29 is 0 Å². The minimum Gasteiger partial charge on any atom is -0.327 e. The summed E-state index contributed by atoms with van der Waals surface area (Å²) in [5, 5.41) is 0. The molecule has 0 spiro atoms. The van der Waals surface area contributed by atoms with Crippen LogP contribution in [-0.4, -0.2) is 24.0 Å². The van der Waals surface area contributed by atoms with E-state index in [9.17, 15) is 0 Å². The maximum absolute atomic E-state index is 6.18. The quantitative estimate of drug-likeness (QED) is 0.874. The van der Waals surface area contributed by atoms with Crippen LogP contribution in [0.5, 0.6) is 0 Å². The molecule has 3 unspecified atom stereocenters. The van der Waals surface area contributed by atoms with Gasteiger partial charge in [0, 0.05) is 35.4 Å². The first-order valence-corrected chi connectivity index (χ1v) is 7.49. The molecular formula is C14H22N2S. The van der Waals surface area contributed by atoms with Crippen LogP contribution in [0.3, 0.4) is 0 Å². The first kappa shape index (κ1) is 11.7. The van der Waals surface area contributed by atoms with Crippen LogP contribution < -0.4 is 5.73 Å². The molecule has 0 amide bonds. The molecule has 1 saturated carbocycles. The summed E-state index contributed by atoms with van der Waals surface area (Å²) >= 11 is 1.92. The van der Waals surface area contributed by atoms with Gasteiger partial charge in [-0.05, 0) is 50.2 Å². The molecule has 1 aliphatic heterocycles. The van der Waals surface area contributed by atoms with Crippen LogP contribution in [-0.2, 0) is 6.54 Å². The van der Waals surface area contributed by atoms with Gasteiger partial charge in [0.05, 0.1) is 0 Å². The molecule has 3 heteroatoms. The highest BCUT2D eigenvalue weighted by molar-refractivity contribution is 7.12. The van der Waals surface area contributed by atoms with Crippen LogP contribution in [0.2, 0.25) is 0 Å². The van der Waals surface area contributed by atoms with E-state index in [1.807, 2.05) is 11.3 Å². The van der Waals surface area contributed by atoms with Gasteiger partial charge in [0.2, 0.25) is 0 Å². The monoisotopic (exact) mass is 250 g/mol. The molecule has 17 heavy (non-hydrogen) atoms. The average molecular weight is 250 g/mol. The molecule has 1 saturated heterocycles. The Hall–Kier alpha value is -0.380. The Bertz CT molecular complexity index is 412. The van der Waals surface area contributed by atoms with Crippen LogP contribution in [0.15, 0.2) is 6.07 Å². The van der Waals surface area contributed by atoms with Crippen molar-refractivity contribution in [3.63, 3.8) is 0 Å². The van der Waals surface area contributed by atoms with Crippen LogP contribution in [0, 0.1) is 25.7 Å². The van der Waals surface area contributed by atoms with E-state index in [1.54, 1.807) is 0 Å². The Morgan fingerprint density at radius 3 is 2.82 bits per heavy atom. The van der Waals surface area contributed by atoms with Gasteiger partial charge in [0.1, 0.15) is 0 Å². The van der Waals surface area contributed by atoms with E-state index in [0.29, 0.717) is 6.04 Å². The zero-order valence-electron chi connectivity index (χ0n) is 10.8. The lowest BCUT2D eigenvalue weighted by atomic mass is 9.98. The Balaban J connectivity index is 1.66. The predicted octanol–water partition coefficient (Wildman–Crippen LogP) is 2.53. The molecule has 0 radical (unpaired) electrons. The molecule has 94 valence electrons. The van der Waals surface area contributed by atoms with Crippen molar-refractivity contribution in [3.05, 3.63) is 21.4 Å². The van der Waals surface area contributed by atoms with Crippen molar-refractivity contribution in [2.45, 2.75) is 39.3 Å². The van der Waals surface area contributed by atoms with Gasteiger partial charge in [-0.2, -0.15) is 0 Å². The van der Waals surface area contributed by atoms with Crippen molar-refractivity contribution in [2.75, 3.05) is 13.1 Å². The van der Waals surface area contributed by atoms with E-state index in [1.165, 1.54) is 41.2 Å². The molecule has 2 fully saturated rings. The average Bonchev–Trinajstić information content (AvgIpc) is 2.88. The Labute approximate surface area is 108 Å². The summed E-state index contributed by atoms with van der Waals surface area (Å²) in [4.78, 5) is 5.54. The fourth-order valence-corrected chi connectivity index (χ4v) is 4.55. The van der Waals surface area contributed by atoms with Gasteiger partial charge in [-0.15, -0.1) is 11.3 Å². The van der Waals surface area contributed by atoms with E-state index in [-0.39, 0.29) is 0 Å². The number of aryl methyl sites for hydroxylation is 2. The van der Waals surface area contributed by atoms with E-state index in [0.717, 1.165) is 18.4 Å². The molecule has 2 aliphatic rings. The summed E-state index contributed by atoms with van der Waals surface area (Å²) < 4.78 is 0. The predicted molar refractivity (Wildman–Crippen MR) is 73.3 cm³/mol. The topological polar surface area (TPSA) is 29.3 Å². The Morgan fingerprint density at radius 2 is 2.18 bits per heavy atom. The Morgan fingerprint density at radius 1 is 1.35 bits per heavy atom. The number of nitrogens with zero attached hydrogens (tertiary/aromatic N) is 1. The number of rotatable bonds is 2. The molecule has 3 atom stereocenters. The van der Waals surface area contributed by atoms with Crippen LogP contribution in [0.1, 0.15) is 28.2 Å². The third-order valence-electron chi connectivity index (χ3n) is 4.53. The van der Waals surface area contributed by atoms with E-state index < -0.39 is 0 Å². The number of nitrogens with two attached hydrogens (primary N) is 1. The van der Waals surface area contributed by atoms with Crippen molar-refractivity contribution >= 4 is 11.3 Å². The summed E-state index contributed by atoms with van der Waals surface area (Å²) in [5.41, 5.74) is 7.71. The SMILES string of the molecule is Cc1cc(CN2CC3CCC(N)C3C2)c(C)s1. The number of thiophene rings is 1. The summed E-state index contributed by atoms with van der Waals surface area (Å²) in [6.07, 6.45) is 2.60. The third-order valence-corrected chi connectivity index (χ3v) is 5.53. The summed E-state index contributed by atoms with van der Waals surface area (Å²) in [6.45, 7) is 8.08. The zero-order chi connectivity index (χ0) is 12.0. The number of hydrogen-bond donors (Lipinski definition) is 1. The van der Waals surface area contributed by atoms with Crippen molar-refractivity contribution in [3.8, 4) is 0 Å². The fourth-order valence-electron chi connectivity index (χ4n) is 3.61. The molecule has 0 bridgehead atoms. The van der Waals surface area contributed by atoms with E-state index in [4.69, 9.17) is 5.73 Å². The maximum Gasteiger partial charge on any atom is 0.0245 e. The Kier molecular flexibility index (Phi) is 3.01. The third kappa shape index (κ3) is 2.16. The second kappa shape index (κ2) is 4.38. The first-order valence-electron chi connectivity index (χ1n) is 6.67. The van der Waals surface area contributed by atoms with E-state index >= 15 is 0 Å². The summed E-state index contributed by atoms with van der Waals surface area (Å²) in [7, 11) is 0. The maximum atomic E-state index is 6.18. The van der Waals surface area contributed by atoms with Crippen LogP contribution in [0.4, 0.5) is 0 Å². The van der Waals surface area contributed by atoms with Gasteiger partial charge in [0.25, 0.3) is 0 Å². The second-order valence-electron chi connectivity index (χ2n) is 5.80. The zero-order valence-corrected chi connectivity index (χ0v) is 11.6. The highest BCUT2D eigenvalue weighted by Crippen LogP contribution is 2.38. The van der Waals surface area contributed by atoms with Crippen LogP contribution in [0.25, 0.3) is 0 Å². The van der Waals surface area contributed by atoms with E-state index in [2.05, 4.69) is 24.8 Å². The minimum atomic E-state index is 0.468. The summed E-state index contributed by atoms with van der Waals surface area (Å²) in [5.74, 6) is 1.65. The van der Waals surface area contributed by atoms with Gasteiger partial charge in [0.15, 0.2) is 0 Å². The molecule has 1 aromatic rings. The van der Waals surface area contributed by atoms with Gasteiger partial charge < -0.3 is 5.73 Å². The number of fused-ring (bicyclic) bond motifs is 1. The van der Waals surface area contributed by atoms with Crippen LogP contribution >= 0.6 is 11.3 Å². The van der Waals surface area contributed by atoms with Gasteiger partial charge in [-0.3, -0.25) is 4.90 Å². The molecule has 3 rings (SSSR count). The molecule has 1 aliphatic carbocycles. The largest absolute Gasteiger partial charge is 0.327 e. The molecule has 1 aromatic heterocycles. The molecule has 2 heterocycles. The molecule has 2 nitrogen and oxygen atoms in total. The van der Waals surface area contributed by atoms with Gasteiger partial charge in [-0.1, -0.05) is 0 Å². The lowest BCUT2D eigenvalue weighted by Crippen LogP contribution is -2.30. The van der Waals surface area contributed by atoms with Crippen molar-refractivity contribution in [2.24, 2.45) is 17.6 Å². The molecular weight excluding hydrogens is 228 g/mol. The lowest BCUT2D eigenvalue weighted by molar-refractivity contribution is 0.298. The van der Waals surface area contributed by atoms with Gasteiger partial charge >= 0.3 is 0 Å². The summed E-state index contributed by atoms with van der Waals surface area (Å²) in [6, 6.07) is 2.82. The number of likely N-dealkylation sites (tertiary alicyclic amines) is 1. The first-order chi connectivity index (χ1) is 8.13. The van der Waals surface area contributed by atoms with Gasteiger partial charge in [-0.25, -0.2) is 0 Å². The molecule has 0 aromatic carbocycles. The molecule has 2 N–H and O–H groups in total. The normalized spacial score (nSPS) is 33.2. The van der Waals surface area contributed by atoms with Crippen molar-refractivity contribution in [1.82, 2.24) is 4.90 Å². The standard InChI is InChI=1S/C14H22N2S/c1-9-5-12(10(2)17-9)7-16-6-11-3-4-14(15)13(11)8-16/h5,11,13-14H,3-4,6-8,15H2,1-2H3. The minimum absolute atomic E-state index is 0.468. The smallest absolute Gasteiger partial charge is 0.0245 e. The fraction of sp³-hybridized carbons (Fsp3) is 0.714. The second-order valence-corrected chi connectivity index (χ2v) is 7.26. The highest BCUT2D eigenvalue weighted by Gasteiger charge is 2.40. The lowest BCUT2D eigenvalue weighted by Gasteiger charge is -2.18. The number of hydrogen-bond acceptors (Lipinski definition) is 3. The highest BCUT2D eigenvalue weighted by atomic mass is 32.1. The van der Waals surface area contributed by atoms with Crippen molar-refractivity contribution in [1.29, 1.82) is 0 Å².